The summed E-state index contributed by atoms with van der Waals surface area (Å²) in [5.41, 5.74) is 0.838. The molecule has 3 rings (SSSR count). The highest BCUT2D eigenvalue weighted by Gasteiger charge is 2.05. The van der Waals surface area contributed by atoms with Crippen LogP contribution in [0.1, 0.15) is 5.82 Å². The van der Waals surface area contributed by atoms with E-state index in [1.54, 1.807) is 12.1 Å². The molecule has 18 heavy (non-hydrogen) atoms. The molecule has 1 aromatic carbocycles. The number of benzene rings is 1. The summed E-state index contributed by atoms with van der Waals surface area (Å²) in [6.07, 6.45) is 0. The minimum Gasteiger partial charge on any atom is -0.333 e. The van der Waals surface area contributed by atoms with Gasteiger partial charge in [-0.2, -0.15) is 10.0 Å². The van der Waals surface area contributed by atoms with Crippen molar-refractivity contribution < 1.29 is 0 Å². The van der Waals surface area contributed by atoms with Gasteiger partial charge in [0.1, 0.15) is 0 Å². The molecular weight excluding hydrogens is 256 g/mol. The topological polar surface area (TPSA) is 96.4 Å². The first-order chi connectivity index (χ1) is 8.81. The van der Waals surface area contributed by atoms with Crippen LogP contribution in [0.2, 0.25) is 5.02 Å². The standard InChI is InChI=1S/C9H6ClN8/c10-7-3-1-6(2-4-7)9-13-17-18(14-9)5-8-11-15-16-12-8/h1-4H,5H2/q-1. The molecule has 9 heteroatoms. The molecule has 0 amide bonds. The maximum atomic E-state index is 5.81. The van der Waals surface area contributed by atoms with Crippen molar-refractivity contribution in [1.82, 2.24) is 40.8 Å². The average molecular weight is 262 g/mol. The van der Waals surface area contributed by atoms with Crippen molar-refractivity contribution in [3.8, 4) is 11.4 Å². The summed E-state index contributed by atoms with van der Waals surface area (Å²) in [6.45, 7) is 0.285. The van der Waals surface area contributed by atoms with Crippen molar-refractivity contribution in [1.29, 1.82) is 0 Å². The highest BCUT2D eigenvalue weighted by Crippen LogP contribution is 2.16. The highest BCUT2D eigenvalue weighted by molar-refractivity contribution is 6.30. The maximum absolute atomic E-state index is 5.81. The fourth-order valence-electron chi connectivity index (χ4n) is 1.38. The minimum absolute atomic E-state index is 0.285. The largest absolute Gasteiger partial charge is 0.333 e. The van der Waals surface area contributed by atoms with Gasteiger partial charge in [0.05, 0.1) is 6.54 Å². The van der Waals surface area contributed by atoms with Gasteiger partial charge in [-0.3, -0.25) is 10.3 Å². The summed E-state index contributed by atoms with van der Waals surface area (Å²) in [5, 5.41) is 26.8. The fraction of sp³-hybridized carbons (Fsp3) is 0.111. The van der Waals surface area contributed by atoms with Crippen LogP contribution in [0.25, 0.3) is 11.4 Å². The first-order valence-electron chi connectivity index (χ1n) is 5.02. The third-order valence-corrected chi connectivity index (χ3v) is 2.45. The van der Waals surface area contributed by atoms with Crippen molar-refractivity contribution in [3.05, 3.63) is 35.1 Å². The molecule has 0 saturated carbocycles. The van der Waals surface area contributed by atoms with E-state index in [4.69, 9.17) is 11.6 Å². The van der Waals surface area contributed by atoms with Crippen LogP contribution in [-0.4, -0.2) is 35.7 Å². The van der Waals surface area contributed by atoms with Gasteiger partial charge in [-0.25, -0.2) is 0 Å². The molecule has 0 spiro atoms. The van der Waals surface area contributed by atoms with Crippen molar-refractivity contribution in [2.75, 3.05) is 0 Å². The molecular formula is C9H6ClN8-. The summed E-state index contributed by atoms with van der Waals surface area (Å²) in [7, 11) is 0. The van der Waals surface area contributed by atoms with Gasteiger partial charge in [0.2, 0.25) is 5.82 Å². The van der Waals surface area contributed by atoms with Gasteiger partial charge >= 0.3 is 0 Å². The second kappa shape index (κ2) is 4.49. The van der Waals surface area contributed by atoms with Crippen LogP contribution >= 0.6 is 11.6 Å². The van der Waals surface area contributed by atoms with E-state index in [9.17, 15) is 0 Å². The van der Waals surface area contributed by atoms with Crippen LogP contribution in [-0.2, 0) is 6.54 Å². The van der Waals surface area contributed by atoms with E-state index in [2.05, 4.69) is 36.0 Å². The van der Waals surface area contributed by atoms with Gasteiger partial charge < -0.3 is 5.10 Å². The predicted octanol–water partition coefficient (Wildman–Crippen LogP) is 0.184. The summed E-state index contributed by atoms with van der Waals surface area (Å²) in [5.74, 6) is 0.953. The quantitative estimate of drug-likeness (QED) is 0.663. The minimum atomic E-state index is 0.285. The number of rotatable bonds is 3. The van der Waals surface area contributed by atoms with Gasteiger partial charge in [-0.05, 0) is 29.5 Å². The zero-order valence-electron chi connectivity index (χ0n) is 8.97. The van der Waals surface area contributed by atoms with Crippen LogP contribution in [0, 0.1) is 0 Å². The first-order valence-corrected chi connectivity index (χ1v) is 5.40. The van der Waals surface area contributed by atoms with Gasteiger partial charge in [-0.15, -0.1) is 10.2 Å². The van der Waals surface area contributed by atoms with E-state index in [0.717, 1.165) is 5.56 Å². The van der Waals surface area contributed by atoms with Crippen molar-refractivity contribution >= 4 is 11.6 Å². The molecule has 90 valence electrons. The zero-order chi connectivity index (χ0) is 12.4. The molecule has 0 unspecified atom stereocenters. The lowest BCUT2D eigenvalue weighted by Gasteiger charge is -1.96. The van der Waals surface area contributed by atoms with E-state index < -0.39 is 0 Å². The summed E-state index contributed by atoms with van der Waals surface area (Å²) < 4.78 is 0. The average Bonchev–Trinajstić information content (AvgIpc) is 3.02. The van der Waals surface area contributed by atoms with Gasteiger partial charge in [0.25, 0.3) is 0 Å². The zero-order valence-corrected chi connectivity index (χ0v) is 9.73. The number of halogens is 1. The monoisotopic (exact) mass is 261 g/mol. The van der Waals surface area contributed by atoms with E-state index in [-0.39, 0.29) is 6.54 Å². The molecule has 0 N–H and O–H groups in total. The Balaban J connectivity index is 1.83. The molecule has 0 fully saturated rings. The van der Waals surface area contributed by atoms with Crippen LogP contribution in [0.3, 0.4) is 0 Å². The number of hydrogen-bond donors (Lipinski definition) is 0. The van der Waals surface area contributed by atoms with Crippen molar-refractivity contribution in [2.45, 2.75) is 6.54 Å². The molecule has 2 heterocycles. The molecule has 0 atom stereocenters. The number of hydrogen-bond acceptors (Lipinski definition) is 6. The van der Waals surface area contributed by atoms with Crippen LogP contribution in [0.5, 0.6) is 0 Å². The lowest BCUT2D eigenvalue weighted by Crippen LogP contribution is -2.06. The van der Waals surface area contributed by atoms with E-state index in [1.165, 1.54) is 4.80 Å². The fourth-order valence-corrected chi connectivity index (χ4v) is 1.50. The molecule has 0 saturated heterocycles. The molecule has 0 radical (unpaired) electrons. The van der Waals surface area contributed by atoms with Crippen LogP contribution in [0.15, 0.2) is 24.3 Å². The molecule has 0 aliphatic heterocycles. The second-order valence-electron chi connectivity index (χ2n) is 3.45. The Morgan fingerprint density at radius 1 is 1.17 bits per heavy atom. The summed E-state index contributed by atoms with van der Waals surface area (Å²) >= 11 is 5.81. The third kappa shape index (κ3) is 2.18. The lowest BCUT2D eigenvalue weighted by molar-refractivity contribution is 0.553. The molecule has 8 nitrogen and oxygen atoms in total. The Hall–Kier alpha value is -2.35. The first kappa shape index (κ1) is 10.8. The molecule has 3 aromatic rings. The molecule has 0 aliphatic rings. The summed E-state index contributed by atoms with van der Waals surface area (Å²) in [6, 6.07) is 7.19. The van der Waals surface area contributed by atoms with Gasteiger partial charge in [-0.1, -0.05) is 11.6 Å². The molecule has 0 bridgehead atoms. The number of aromatic nitrogens is 8. The number of nitrogens with zero attached hydrogens (tertiary/aromatic N) is 8. The second-order valence-corrected chi connectivity index (χ2v) is 3.88. The highest BCUT2D eigenvalue weighted by atomic mass is 35.5. The Bertz CT molecular complexity index is 629. The van der Waals surface area contributed by atoms with E-state index in [1.807, 2.05) is 12.1 Å². The molecule has 2 aromatic heterocycles. The predicted molar refractivity (Wildman–Crippen MR) is 60.5 cm³/mol. The van der Waals surface area contributed by atoms with Gasteiger partial charge in [0.15, 0.2) is 0 Å². The van der Waals surface area contributed by atoms with Crippen LogP contribution in [0.4, 0.5) is 0 Å². The molecule has 0 aliphatic carbocycles. The maximum Gasteiger partial charge on any atom is 0.204 e. The van der Waals surface area contributed by atoms with Gasteiger partial charge in [0, 0.05) is 16.4 Å². The Morgan fingerprint density at radius 2 is 2.00 bits per heavy atom. The Kier molecular flexibility index (Phi) is 2.69. The van der Waals surface area contributed by atoms with Crippen molar-refractivity contribution in [3.63, 3.8) is 0 Å². The summed E-state index contributed by atoms with van der Waals surface area (Å²) in [4.78, 5) is 1.38. The normalized spacial score (nSPS) is 10.7. The Morgan fingerprint density at radius 3 is 2.72 bits per heavy atom. The van der Waals surface area contributed by atoms with E-state index >= 15 is 0 Å². The lowest BCUT2D eigenvalue weighted by atomic mass is 10.2. The Labute approximate surface area is 106 Å². The van der Waals surface area contributed by atoms with Crippen molar-refractivity contribution in [2.24, 2.45) is 0 Å². The van der Waals surface area contributed by atoms with E-state index in [0.29, 0.717) is 16.7 Å². The smallest absolute Gasteiger partial charge is 0.204 e. The SMILES string of the molecule is Clc1ccc(-c2nnn(Cc3nnn[n-]3)n2)cc1. The third-order valence-electron chi connectivity index (χ3n) is 2.20. The number of tetrazole rings is 2. The van der Waals surface area contributed by atoms with Crippen LogP contribution < -0.4 is 5.10 Å².